The lowest BCUT2D eigenvalue weighted by molar-refractivity contribution is 0.513. The van der Waals surface area contributed by atoms with Gasteiger partial charge in [0, 0.05) is 17.9 Å². The standard InChI is InChI=1S/C16H18Cl2N2/c1-2-19-15(10-9-12-6-3-4-11-20-12)13-7-5-8-14(17)16(13)18/h3-8,11,15,19H,2,9-10H2,1H3. The first kappa shape index (κ1) is 15.3. The molecule has 2 rings (SSSR count). The third kappa shape index (κ3) is 3.95. The molecule has 0 bridgehead atoms. The van der Waals surface area contributed by atoms with Gasteiger partial charge in [-0.2, -0.15) is 0 Å². The maximum absolute atomic E-state index is 6.32. The Bertz CT molecular complexity index is 543. The van der Waals surface area contributed by atoms with Gasteiger partial charge in [-0.1, -0.05) is 48.3 Å². The number of hydrogen-bond acceptors (Lipinski definition) is 2. The molecule has 0 amide bonds. The van der Waals surface area contributed by atoms with E-state index < -0.39 is 0 Å². The van der Waals surface area contributed by atoms with E-state index in [1.807, 2.05) is 42.6 Å². The van der Waals surface area contributed by atoms with Crippen LogP contribution < -0.4 is 5.32 Å². The van der Waals surface area contributed by atoms with Gasteiger partial charge < -0.3 is 5.32 Å². The number of rotatable bonds is 6. The van der Waals surface area contributed by atoms with Crippen molar-refractivity contribution >= 4 is 23.2 Å². The van der Waals surface area contributed by atoms with Crippen molar-refractivity contribution in [3.8, 4) is 0 Å². The van der Waals surface area contributed by atoms with Crippen LogP contribution in [0, 0.1) is 0 Å². The van der Waals surface area contributed by atoms with E-state index in [4.69, 9.17) is 23.2 Å². The molecule has 0 aliphatic carbocycles. The minimum Gasteiger partial charge on any atom is -0.310 e. The highest BCUT2D eigenvalue weighted by molar-refractivity contribution is 6.42. The molecule has 0 saturated carbocycles. The van der Waals surface area contributed by atoms with Gasteiger partial charge in [0.15, 0.2) is 0 Å². The van der Waals surface area contributed by atoms with E-state index in [1.165, 1.54) is 0 Å². The van der Waals surface area contributed by atoms with Crippen LogP contribution in [0.2, 0.25) is 10.0 Å². The van der Waals surface area contributed by atoms with Gasteiger partial charge in [0.05, 0.1) is 10.0 Å². The number of nitrogens with zero attached hydrogens (tertiary/aromatic N) is 1. The fraction of sp³-hybridized carbons (Fsp3) is 0.312. The van der Waals surface area contributed by atoms with Crippen LogP contribution in [-0.2, 0) is 6.42 Å². The van der Waals surface area contributed by atoms with Crippen molar-refractivity contribution in [1.82, 2.24) is 10.3 Å². The minimum atomic E-state index is 0.188. The molecule has 0 spiro atoms. The molecule has 4 heteroatoms. The van der Waals surface area contributed by atoms with Crippen molar-refractivity contribution in [2.45, 2.75) is 25.8 Å². The molecular formula is C16H18Cl2N2. The summed E-state index contributed by atoms with van der Waals surface area (Å²) >= 11 is 12.4. The second kappa shape index (κ2) is 7.63. The maximum atomic E-state index is 6.32. The quantitative estimate of drug-likeness (QED) is 0.838. The van der Waals surface area contributed by atoms with Crippen molar-refractivity contribution in [3.63, 3.8) is 0 Å². The highest BCUT2D eigenvalue weighted by Crippen LogP contribution is 2.31. The number of halogens is 2. The highest BCUT2D eigenvalue weighted by Gasteiger charge is 2.15. The number of hydrogen-bond donors (Lipinski definition) is 1. The second-order valence-electron chi connectivity index (χ2n) is 4.61. The summed E-state index contributed by atoms with van der Waals surface area (Å²) in [5.74, 6) is 0. The zero-order valence-electron chi connectivity index (χ0n) is 11.4. The normalized spacial score (nSPS) is 12.3. The Labute approximate surface area is 130 Å². The van der Waals surface area contributed by atoms with Crippen LogP contribution in [0.4, 0.5) is 0 Å². The summed E-state index contributed by atoms with van der Waals surface area (Å²) in [4.78, 5) is 4.36. The van der Waals surface area contributed by atoms with Crippen molar-refractivity contribution in [2.24, 2.45) is 0 Å². The molecule has 0 radical (unpaired) electrons. The summed E-state index contributed by atoms with van der Waals surface area (Å²) < 4.78 is 0. The smallest absolute Gasteiger partial charge is 0.0640 e. The van der Waals surface area contributed by atoms with E-state index in [2.05, 4.69) is 17.2 Å². The molecule has 0 aliphatic rings. The zero-order chi connectivity index (χ0) is 14.4. The Morgan fingerprint density at radius 3 is 2.70 bits per heavy atom. The topological polar surface area (TPSA) is 24.9 Å². The highest BCUT2D eigenvalue weighted by atomic mass is 35.5. The van der Waals surface area contributed by atoms with Crippen LogP contribution in [0.15, 0.2) is 42.6 Å². The SMILES string of the molecule is CCNC(CCc1ccccn1)c1cccc(Cl)c1Cl. The molecular weight excluding hydrogens is 291 g/mol. The summed E-state index contributed by atoms with van der Waals surface area (Å²) in [5.41, 5.74) is 2.14. The monoisotopic (exact) mass is 308 g/mol. The van der Waals surface area contributed by atoms with E-state index in [0.29, 0.717) is 10.0 Å². The lowest BCUT2D eigenvalue weighted by Crippen LogP contribution is -2.22. The maximum Gasteiger partial charge on any atom is 0.0640 e. The van der Waals surface area contributed by atoms with E-state index >= 15 is 0 Å². The molecule has 1 unspecified atom stereocenters. The summed E-state index contributed by atoms with van der Waals surface area (Å²) in [6, 6.07) is 12.0. The van der Waals surface area contributed by atoms with Gasteiger partial charge in [0.1, 0.15) is 0 Å². The number of nitrogens with one attached hydrogen (secondary N) is 1. The molecule has 1 atom stereocenters. The number of aryl methyl sites for hydroxylation is 1. The summed E-state index contributed by atoms with van der Waals surface area (Å²) in [6.07, 6.45) is 3.66. The summed E-state index contributed by atoms with van der Waals surface area (Å²) in [7, 11) is 0. The lowest BCUT2D eigenvalue weighted by atomic mass is 10.0. The number of pyridine rings is 1. The predicted octanol–water partition coefficient (Wildman–Crippen LogP) is 4.67. The number of benzene rings is 1. The van der Waals surface area contributed by atoms with Crippen LogP contribution >= 0.6 is 23.2 Å². The Balaban J connectivity index is 2.12. The number of aromatic nitrogens is 1. The van der Waals surface area contributed by atoms with Crippen molar-refractivity contribution in [2.75, 3.05) is 6.54 Å². The molecule has 0 aliphatic heterocycles. The van der Waals surface area contributed by atoms with E-state index in [-0.39, 0.29) is 6.04 Å². The van der Waals surface area contributed by atoms with Crippen molar-refractivity contribution in [3.05, 3.63) is 63.9 Å². The Morgan fingerprint density at radius 1 is 1.15 bits per heavy atom. The van der Waals surface area contributed by atoms with Crippen LogP contribution in [0.3, 0.4) is 0 Å². The third-order valence-electron chi connectivity index (χ3n) is 3.22. The van der Waals surface area contributed by atoms with Gasteiger partial charge in [-0.25, -0.2) is 0 Å². The molecule has 106 valence electrons. The zero-order valence-corrected chi connectivity index (χ0v) is 13.0. The third-order valence-corrected chi connectivity index (χ3v) is 4.06. The van der Waals surface area contributed by atoms with Gasteiger partial charge in [-0.3, -0.25) is 4.98 Å². The van der Waals surface area contributed by atoms with Crippen LogP contribution in [-0.4, -0.2) is 11.5 Å². The first-order valence-corrected chi connectivity index (χ1v) is 7.55. The molecule has 1 heterocycles. The van der Waals surface area contributed by atoms with Gasteiger partial charge >= 0.3 is 0 Å². The Hall–Kier alpha value is -1.09. The van der Waals surface area contributed by atoms with Gasteiger partial charge in [-0.15, -0.1) is 0 Å². The Kier molecular flexibility index (Phi) is 5.84. The van der Waals surface area contributed by atoms with Crippen molar-refractivity contribution < 1.29 is 0 Å². The largest absolute Gasteiger partial charge is 0.310 e. The molecule has 1 aromatic carbocycles. The van der Waals surface area contributed by atoms with Crippen LogP contribution in [0.5, 0.6) is 0 Å². The van der Waals surface area contributed by atoms with Crippen LogP contribution in [0.25, 0.3) is 0 Å². The van der Waals surface area contributed by atoms with E-state index in [0.717, 1.165) is 30.6 Å². The molecule has 0 fully saturated rings. The molecule has 1 N–H and O–H groups in total. The summed E-state index contributed by atoms with van der Waals surface area (Å²) in [6.45, 7) is 2.97. The summed E-state index contributed by atoms with van der Waals surface area (Å²) in [5, 5.41) is 4.71. The fourth-order valence-corrected chi connectivity index (χ4v) is 2.68. The fourth-order valence-electron chi connectivity index (χ4n) is 2.24. The van der Waals surface area contributed by atoms with Gasteiger partial charge in [-0.05, 0) is 43.1 Å². The first-order valence-electron chi connectivity index (χ1n) is 6.79. The van der Waals surface area contributed by atoms with Crippen LogP contribution in [0.1, 0.15) is 30.6 Å². The molecule has 1 aromatic heterocycles. The van der Waals surface area contributed by atoms with Gasteiger partial charge in [0.25, 0.3) is 0 Å². The lowest BCUT2D eigenvalue weighted by Gasteiger charge is -2.20. The average molecular weight is 309 g/mol. The molecule has 20 heavy (non-hydrogen) atoms. The van der Waals surface area contributed by atoms with E-state index in [1.54, 1.807) is 0 Å². The molecule has 2 aromatic rings. The molecule has 2 nitrogen and oxygen atoms in total. The van der Waals surface area contributed by atoms with Gasteiger partial charge in [0.2, 0.25) is 0 Å². The molecule has 0 saturated heterocycles. The Morgan fingerprint density at radius 2 is 2.00 bits per heavy atom. The second-order valence-corrected chi connectivity index (χ2v) is 5.40. The average Bonchev–Trinajstić information content (AvgIpc) is 2.48. The first-order chi connectivity index (χ1) is 9.72. The van der Waals surface area contributed by atoms with Crippen molar-refractivity contribution in [1.29, 1.82) is 0 Å². The minimum absolute atomic E-state index is 0.188. The predicted molar refractivity (Wildman–Crippen MR) is 85.4 cm³/mol. The van der Waals surface area contributed by atoms with E-state index in [9.17, 15) is 0 Å².